The van der Waals surface area contributed by atoms with Gasteiger partial charge in [-0.15, -0.1) is 0 Å². The van der Waals surface area contributed by atoms with Gasteiger partial charge < -0.3 is 5.32 Å². The summed E-state index contributed by atoms with van der Waals surface area (Å²) < 4.78 is 4.14. The number of hydrogen-bond donors (Lipinski definition) is 1. The Morgan fingerprint density at radius 1 is 1.43 bits per heavy atom. The number of aryl methyl sites for hydroxylation is 3. The van der Waals surface area contributed by atoms with Gasteiger partial charge in [0.2, 0.25) is 0 Å². The van der Waals surface area contributed by atoms with Gasteiger partial charge in [0.15, 0.2) is 5.69 Å². The Morgan fingerprint density at radius 2 is 2.14 bits per heavy atom. The zero-order chi connectivity index (χ0) is 15.6. The lowest BCUT2D eigenvalue weighted by molar-refractivity contribution is 0.0946. The fourth-order valence-corrected chi connectivity index (χ4v) is 2.71. The average molecular weight is 375 g/mol. The van der Waals surface area contributed by atoms with Crippen molar-refractivity contribution in [3.8, 4) is 0 Å². The highest BCUT2D eigenvalue weighted by Gasteiger charge is 2.14. The number of rotatable bonds is 5. The zero-order valence-electron chi connectivity index (χ0n) is 12.2. The molecule has 1 amide bonds. The minimum atomic E-state index is -0.186. The van der Waals surface area contributed by atoms with Crippen LogP contribution in [0.5, 0.6) is 0 Å². The minimum absolute atomic E-state index is 0.186. The lowest BCUT2D eigenvalue weighted by Crippen LogP contribution is -2.26. The molecule has 0 aromatic carbocycles. The van der Waals surface area contributed by atoms with E-state index >= 15 is 0 Å². The van der Waals surface area contributed by atoms with Gasteiger partial charge in [0, 0.05) is 26.3 Å². The molecular formula is C13H17BrClN5O. The van der Waals surface area contributed by atoms with E-state index in [4.69, 9.17) is 11.6 Å². The van der Waals surface area contributed by atoms with Crippen LogP contribution >= 0.6 is 27.5 Å². The average Bonchev–Trinajstić information content (AvgIpc) is 2.89. The Hall–Kier alpha value is -1.34. The van der Waals surface area contributed by atoms with Crippen LogP contribution in [0.25, 0.3) is 0 Å². The molecule has 114 valence electrons. The molecule has 1 N–H and O–H groups in total. The predicted molar refractivity (Wildman–Crippen MR) is 84.6 cm³/mol. The van der Waals surface area contributed by atoms with Gasteiger partial charge in [-0.1, -0.05) is 11.6 Å². The maximum atomic E-state index is 12.0. The molecule has 2 rings (SSSR count). The lowest BCUT2D eigenvalue weighted by Gasteiger charge is -2.06. The highest BCUT2D eigenvalue weighted by Crippen LogP contribution is 2.19. The van der Waals surface area contributed by atoms with E-state index in [2.05, 4.69) is 31.4 Å². The summed E-state index contributed by atoms with van der Waals surface area (Å²) in [6.45, 7) is 5.08. The van der Waals surface area contributed by atoms with E-state index in [1.807, 2.05) is 18.5 Å². The van der Waals surface area contributed by atoms with Crippen LogP contribution in [0.3, 0.4) is 0 Å². The van der Waals surface area contributed by atoms with Gasteiger partial charge in [-0.2, -0.15) is 10.2 Å². The van der Waals surface area contributed by atoms with Gasteiger partial charge >= 0.3 is 0 Å². The second kappa shape index (κ2) is 6.62. The van der Waals surface area contributed by atoms with Crippen LogP contribution in [0.2, 0.25) is 5.02 Å². The summed E-state index contributed by atoms with van der Waals surface area (Å²) in [6, 6.07) is 0. The smallest absolute Gasteiger partial charge is 0.272 e. The van der Waals surface area contributed by atoms with Crippen molar-refractivity contribution >= 4 is 33.4 Å². The van der Waals surface area contributed by atoms with Crippen molar-refractivity contribution in [2.75, 3.05) is 6.54 Å². The Morgan fingerprint density at radius 3 is 2.67 bits per heavy atom. The molecule has 0 aliphatic heterocycles. The zero-order valence-corrected chi connectivity index (χ0v) is 14.5. The summed E-state index contributed by atoms with van der Waals surface area (Å²) in [5, 5.41) is 12.0. The molecule has 0 spiro atoms. The van der Waals surface area contributed by atoms with Crippen molar-refractivity contribution in [1.82, 2.24) is 24.9 Å². The van der Waals surface area contributed by atoms with Crippen molar-refractivity contribution in [3.05, 3.63) is 32.8 Å². The number of nitrogens with one attached hydrogen (secondary N) is 1. The van der Waals surface area contributed by atoms with Gasteiger partial charge in [0.05, 0.1) is 20.9 Å². The molecule has 2 heterocycles. The van der Waals surface area contributed by atoms with Gasteiger partial charge in [0.25, 0.3) is 5.91 Å². The molecule has 2 aromatic heterocycles. The molecule has 2 aromatic rings. The third-order valence-corrected chi connectivity index (χ3v) is 4.25. The topological polar surface area (TPSA) is 64.7 Å². The summed E-state index contributed by atoms with van der Waals surface area (Å²) in [6.07, 6.45) is 2.52. The first-order valence-corrected chi connectivity index (χ1v) is 7.74. The number of amides is 1. The third-order valence-electron chi connectivity index (χ3n) is 3.12. The van der Waals surface area contributed by atoms with E-state index in [1.165, 1.54) is 0 Å². The number of aromatic nitrogens is 4. The van der Waals surface area contributed by atoms with Gasteiger partial charge in [0.1, 0.15) is 0 Å². The van der Waals surface area contributed by atoms with Crippen LogP contribution in [0.4, 0.5) is 0 Å². The van der Waals surface area contributed by atoms with E-state index < -0.39 is 0 Å². The molecule has 8 heteroatoms. The molecule has 0 aliphatic carbocycles. The predicted octanol–water partition coefficient (Wildman–Crippen LogP) is 2.47. The van der Waals surface area contributed by atoms with E-state index in [0.29, 0.717) is 28.3 Å². The van der Waals surface area contributed by atoms with Crippen LogP contribution in [-0.4, -0.2) is 32.0 Å². The normalized spacial score (nSPS) is 10.9. The van der Waals surface area contributed by atoms with Crippen molar-refractivity contribution < 1.29 is 4.79 Å². The number of carbonyl (C=O) groups excluding carboxylic acids is 1. The van der Waals surface area contributed by atoms with Crippen LogP contribution in [-0.2, 0) is 13.6 Å². The van der Waals surface area contributed by atoms with Crippen LogP contribution < -0.4 is 5.32 Å². The SMILES string of the molecule is Cc1nn(CCCNC(=O)c2nn(C)cc2Br)c(C)c1Cl. The van der Waals surface area contributed by atoms with Gasteiger partial charge in [-0.3, -0.25) is 14.2 Å². The molecule has 0 bridgehead atoms. The molecule has 0 saturated carbocycles. The van der Waals surface area contributed by atoms with E-state index in [-0.39, 0.29) is 5.91 Å². The molecule has 6 nitrogen and oxygen atoms in total. The summed E-state index contributed by atoms with van der Waals surface area (Å²) >= 11 is 9.40. The van der Waals surface area contributed by atoms with Gasteiger partial charge in [-0.25, -0.2) is 0 Å². The molecule has 0 aliphatic rings. The largest absolute Gasteiger partial charge is 0.351 e. The second-order valence-electron chi connectivity index (χ2n) is 4.82. The third kappa shape index (κ3) is 3.65. The monoisotopic (exact) mass is 373 g/mol. The Labute approximate surface area is 136 Å². The lowest BCUT2D eigenvalue weighted by atomic mass is 10.3. The van der Waals surface area contributed by atoms with Crippen LogP contribution in [0, 0.1) is 13.8 Å². The Balaban J connectivity index is 1.83. The maximum absolute atomic E-state index is 12.0. The summed E-state index contributed by atoms with van der Waals surface area (Å²) in [7, 11) is 1.77. The number of halogens is 2. The molecule has 0 unspecified atom stereocenters. The Kier molecular flexibility index (Phi) is 5.05. The van der Waals surface area contributed by atoms with Crippen LogP contribution in [0.15, 0.2) is 10.7 Å². The number of nitrogens with zero attached hydrogens (tertiary/aromatic N) is 4. The first-order valence-electron chi connectivity index (χ1n) is 6.57. The highest BCUT2D eigenvalue weighted by atomic mass is 79.9. The maximum Gasteiger partial charge on any atom is 0.272 e. The molecule has 0 saturated heterocycles. The summed E-state index contributed by atoms with van der Waals surface area (Å²) in [5.41, 5.74) is 2.18. The molecule has 0 atom stereocenters. The van der Waals surface area contributed by atoms with Gasteiger partial charge in [-0.05, 0) is 36.2 Å². The molecule has 21 heavy (non-hydrogen) atoms. The fraction of sp³-hybridized carbons (Fsp3) is 0.462. The number of hydrogen-bond acceptors (Lipinski definition) is 3. The second-order valence-corrected chi connectivity index (χ2v) is 6.05. The summed E-state index contributed by atoms with van der Waals surface area (Å²) in [4.78, 5) is 12.0. The first-order chi connectivity index (χ1) is 9.90. The fourth-order valence-electron chi connectivity index (χ4n) is 2.02. The van der Waals surface area contributed by atoms with Crippen molar-refractivity contribution in [2.24, 2.45) is 7.05 Å². The van der Waals surface area contributed by atoms with Crippen LogP contribution in [0.1, 0.15) is 28.3 Å². The standard InChI is InChI=1S/C13H17BrClN5O/c1-8-11(15)9(2)20(17-8)6-4-5-16-13(21)12-10(14)7-19(3)18-12/h7H,4-6H2,1-3H3,(H,16,21). The van der Waals surface area contributed by atoms with Crippen molar-refractivity contribution in [1.29, 1.82) is 0 Å². The molecule has 0 radical (unpaired) electrons. The van der Waals surface area contributed by atoms with E-state index in [0.717, 1.165) is 17.8 Å². The quantitative estimate of drug-likeness (QED) is 0.818. The molecule has 0 fully saturated rings. The van der Waals surface area contributed by atoms with Crippen molar-refractivity contribution in [3.63, 3.8) is 0 Å². The minimum Gasteiger partial charge on any atom is -0.351 e. The first kappa shape index (κ1) is 16.0. The molecular weight excluding hydrogens is 358 g/mol. The van der Waals surface area contributed by atoms with E-state index in [1.54, 1.807) is 17.9 Å². The number of carbonyl (C=O) groups is 1. The van der Waals surface area contributed by atoms with E-state index in [9.17, 15) is 4.79 Å². The van der Waals surface area contributed by atoms with Crippen molar-refractivity contribution in [2.45, 2.75) is 26.8 Å². The summed E-state index contributed by atoms with van der Waals surface area (Å²) in [5.74, 6) is -0.186. The highest BCUT2D eigenvalue weighted by molar-refractivity contribution is 9.10. The Bertz CT molecular complexity index is 664.